The van der Waals surface area contributed by atoms with Crippen molar-refractivity contribution < 1.29 is 4.74 Å². The summed E-state index contributed by atoms with van der Waals surface area (Å²) in [5.74, 6) is 1.16. The van der Waals surface area contributed by atoms with Gasteiger partial charge in [-0.1, -0.05) is 12.1 Å². The van der Waals surface area contributed by atoms with E-state index in [1.165, 1.54) is 10.7 Å². The molecule has 0 aliphatic carbocycles. The van der Waals surface area contributed by atoms with Crippen molar-refractivity contribution in [1.82, 2.24) is 9.78 Å². The molecule has 0 unspecified atom stereocenters. The van der Waals surface area contributed by atoms with Crippen LogP contribution in [-0.2, 0) is 6.54 Å². The van der Waals surface area contributed by atoms with E-state index in [9.17, 15) is 4.79 Å². The maximum Gasteiger partial charge on any atom is 0.269 e. The van der Waals surface area contributed by atoms with Crippen LogP contribution in [0.3, 0.4) is 0 Å². The highest BCUT2D eigenvalue weighted by Gasteiger charge is 2.23. The summed E-state index contributed by atoms with van der Waals surface area (Å²) in [6, 6.07) is 9.13. The lowest BCUT2D eigenvalue weighted by atomic mass is 10.2. The number of hydrogen-bond donors (Lipinski definition) is 2. The molecule has 4 N–H and O–H groups in total. The minimum absolute atomic E-state index is 0.0392. The molecule has 2 heterocycles. The lowest BCUT2D eigenvalue weighted by molar-refractivity contribution is 0.420. The van der Waals surface area contributed by atoms with E-state index in [0.29, 0.717) is 36.8 Å². The molecule has 0 bridgehead atoms. The van der Waals surface area contributed by atoms with Crippen molar-refractivity contribution in [2.24, 2.45) is 16.5 Å². The maximum atomic E-state index is 12.2. The maximum absolute atomic E-state index is 12.2. The normalized spacial score (nSPS) is 12.1. The van der Waals surface area contributed by atoms with Gasteiger partial charge in [0.1, 0.15) is 5.69 Å². The molecule has 1 aromatic carbocycles. The Labute approximate surface area is 133 Å². The van der Waals surface area contributed by atoms with Gasteiger partial charge in [-0.25, -0.2) is 4.68 Å². The number of rotatable bonds is 4. The van der Waals surface area contributed by atoms with Crippen LogP contribution in [0.25, 0.3) is 0 Å². The summed E-state index contributed by atoms with van der Waals surface area (Å²) in [6.07, 6.45) is 0.607. The summed E-state index contributed by atoms with van der Waals surface area (Å²) in [7, 11) is 1.88. The molecule has 1 aliphatic rings. The second-order valence-corrected chi connectivity index (χ2v) is 5.19. The Balaban J connectivity index is 1.85. The fourth-order valence-corrected chi connectivity index (χ4v) is 2.42. The SMILES string of the molecule is CN1c2ccccc2Oc2nn(CCCN=C(N)N)c(=O)cc21. The Bertz CT molecular complexity index is 810. The smallest absolute Gasteiger partial charge is 0.269 e. The Morgan fingerprint density at radius 3 is 2.87 bits per heavy atom. The first-order chi connectivity index (χ1) is 11.1. The molecule has 8 nitrogen and oxygen atoms in total. The Morgan fingerprint density at radius 1 is 1.30 bits per heavy atom. The second-order valence-electron chi connectivity index (χ2n) is 5.19. The predicted molar refractivity (Wildman–Crippen MR) is 88.4 cm³/mol. The molecule has 0 saturated carbocycles. The molecular formula is C15H18N6O2. The number of guanidine groups is 1. The number of fused-ring (bicyclic) bond motifs is 2. The third kappa shape index (κ3) is 2.96. The van der Waals surface area contributed by atoms with Crippen molar-refractivity contribution in [2.75, 3.05) is 18.5 Å². The van der Waals surface area contributed by atoms with Crippen LogP contribution in [0.15, 0.2) is 40.1 Å². The molecule has 8 heteroatoms. The van der Waals surface area contributed by atoms with Gasteiger partial charge in [-0.2, -0.15) is 0 Å². The number of aliphatic imine (C=N–C) groups is 1. The summed E-state index contributed by atoms with van der Waals surface area (Å²) in [4.78, 5) is 18.0. The van der Waals surface area contributed by atoms with E-state index in [-0.39, 0.29) is 11.5 Å². The van der Waals surface area contributed by atoms with Gasteiger partial charge in [-0.05, 0) is 18.6 Å². The van der Waals surface area contributed by atoms with E-state index in [1.807, 2.05) is 36.2 Å². The van der Waals surface area contributed by atoms with Gasteiger partial charge in [0.15, 0.2) is 11.7 Å². The molecule has 0 fully saturated rings. The number of ether oxygens (including phenoxy) is 1. The van der Waals surface area contributed by atoms with Crippen molar-refractivity contribution in [3.8, 4) is 11.6 Å². The first-order valence-electron chi connectivity index (χ1n) is 7.24. The zero-order chi connectivity index (χ0) is 16.4. The topological polar surface area (TPSA) is 112 Å². The number of nitrogens with two attached hydrogens (primary N) is 2. The van der Waals surface area contributed by atoms with Crippen molar-refractivity contribution in [2.45, 2.75) is 13.0 Å². The predicted octanol–water partition coefficient (Wildman–Crippen LogP) is 0.780. The van der Waals surface area contributed by atoms with Crippen LogP contribution in [0.4, 0.5) is 11.4 Å². The number of para-hydroxylation sites is 2. The largest absolute Gasteiger partial charge is 0.434 e. The second kappa shape index (κ2) is 5.99. The number of aromatic nitrogens is 2. The third-order valence-corrected chi connectivity index (χ3v) is 3.56. The molecule has 2 aromatic rings. The fraction of sp³-hybridized carbons (Fsp3) is 0.267. The number of benzene rings is 1. The van der Waals surface area contributed by atoms with Gasteiger partial charge in [-0.3, -0.25) is 9.79 Å². The number of hydrogen-bond acceptors (Lipinski definition) is 5. The van der Waals surface area contributed by atoms with E-state index in [1.54, 1.807) is 0 Å². The van der Waals surface area contributed by atoms with Gasteiger partial charge >= 0.3 is 0 Å². The number of anilines is 2. The lowest BCUT2D eigenvalue weighted by Gasteiger charge is -2.28. The number of nitrogens with zero attached hydrogens (tertiary/aromatic N) is 4. The van der Waals surface area contributed by atoms with Gasteiger partial charge in [0.25, 0.3) is 11.4 Å². The molecule has 1 aliphatic heterocycles. The van der Waals surface area contributed by atoms with Crippen LogP contribution in [-0.4, -0.2) is 29.3 Å². The van der Waals surface area contributed by atoms with Crippen LogP contribution in [0, 0.1) is 0 Å². The molecule has 0 radical (unpaired) electrons. The van der Waals surface area contributed by atoms with Crippen LogP contribution in [0.1, 0.15) is 6.42 Å². The number of aryl methyl sites for hydroxylation is 1. The minimum Gasteiger partial charge on any atom is -0.434 e. The van der Waals surface area contributed by atoms with Crippen molar-refractivity contribution in [3.63, 3.8) is 0 Å². The van der Waals surface area contributed by atoms with Crippen LogP contribution < -0.4 is 26.7 Å². The molecule has 3 rings (SSSR count). The van der Waals surface area contributed by atoms with Gasteiger partial charge in [-0.15, -0.1) is 5.10 Å². The Hall–Kier alpha value is -3.03. The lowest BCUT2D eigenvalue weighted by Crippen LogP contribution is -2.27. The van der Waals surface area contributed by atoms with E-state index in [4.69, 9.17) is 16.2 Å². The zero-order valence-electron chi connectivity index (χ0n) is 12.8. The molecule has 0 spiro atoms. The third-order valence-electron chi connectivity index (χ3n) is 3.56. The molecular weight excluding hydrogens is 296 g/mol. The van der Waals surface area contributed by atoms with Gasteiger partial charge in [0.05, 0.1) is 5.69 Å². The minimum atomic E-state index is -0.191. The van der Waals surface area contributed by atoms with Crippen LogP contribution in [0.5, 0.6) is 11.6 Å². The first kappa shape index (κ1) is 14.9. The average Bonchev–Trinajstić information content (AvgIpc) is 2.53. The zero-order valence-corrected chi connectivity index (χ0v) is 12.8. The summed E-state index contributed by atoms with van der Waals surface area (Å²) >= 11 is 0. The van der Waals surface area contributed by atoms with Gasteiger partial charge in [0.2, 0.25) is 0 Å². The highest BCUT2D eigenvalue weighted by Crippen LogP contribution is 2.43. The Morgan fingerprint density at radius 2 is 2.09 bits per heavy atom. The molecule has 120 valence electrons. The first-order valence-corrected chi connectivity index (χ1v) is 7.24. The van der Waals surface area contributed by atoms with E-state index in [2.05, 4.69) is 10.1 Å². The van der Waals surface area contributed by atoms with E-state index in [0.717, 1.165) is 5.69 Å². The van der Waals surface area contributed by atoms with Crippen molar-refractivity contribution >= 4 is 17.3 Å². The summed E-state index contributed by atoms with van der Waals surface area (Å²) < 4.78 is 7.17. The highest BCUT2D eigenvalue weighted by molar-refractivity contribution is 5.76. The summed E-state index contributed by atoms with van der Waals surface area (Å²) in [5.41, 5.74) is 11.9. The summed E-state index contributed by atoms with van der Waals surface area (Å²) in [6.45, 7) is 0.856. The van der Waals surface area contributed by atoms with Gasteiger partial charge < -0.3 is 21.1 Å². The van der Waals surface area contributed by atoms with E-state index < -0.39 is 0 Å². The monoisotopic (exact) mass is 314 g/mol. The molecule has 0 saturated heterocycles. The van der Waals surface area contributed by atoms with Crippen molar-refractivity contribution in [1.29, 1.82) is 0 Å². The molecule has 1 aromatic heterocycles. The standard InChI is InChI=1S/C15H18N6O2/c1-20-10-5-2-3-6-12(10)23-14-11(20)9-13(22)21(19-14)8-4-7-18-15(16)17/h2-3,5-6,9H,4,7-8H2,1H3,(H4,16,17,18). The Kier molecular flexibility index (Phi) is 3.88. The molecule has 23 heavy (non-hydrogen) atoms. The van der Waals surface area contributed by atoms with Gasteiger partial charge in [0, 0.05) is 26.2 Å². The highest BCUT2D eigenvalue weighted by atomic mass is 16.5. The summed E-state index contributed by atoms with van der Waals surface area (Å²) in [5, 5.41) is 4.31. The van der Waals surface area contributed by atoms with Crippen molar-refractivity contribution in [3.05, 3.63) is 40.7 Å². The van der Waals surface area contributed by atoms with Crippen LogP contribution in [0.2, 0.25) is 0 Å². The quantitative estimate of drug-likeness (QED) is 0.490. The average molecular weight is 314 g/mol. The molecule has 0 atom stereocenters. The fourth-order valence-electron chi connectivity index (χ4n) is 2.42. The molecule has 0 amide bonds. The van der Waals surface area contributed by atoms with E-state index >= 15 is 0 Å². The van der Waals surface area contributed by atoms with Crippen LogP contribution >= 0.6 is 0 Å².